The molecule has 0 radical (unpaired) electrons. The summed E-state index contributed by atoms with van der Waals surface area (Å²) in [6.07, 6.45) is 0. The number of aromatic nitrogens is 4. The highest BCUT2D eigenvalue weighted by Crippen LogP contribution is 2.29. The number of rotatable bonds is 4. The van der Waals surface area contributed by atoms with Crippen LogP contribution >= 0.6 is 11.8 Å². The quantitative estimate of drug-likeness (QED) is 0.497. The molecule has 2 aromatic carbocycles. The third kappa shape index (κ3) is 4.04. The number of urea groups is 1. The number of amides is 2. The van der Waals surface area contributed by atoms with Gasteiger partial charge in [0, 0.05) is 37.4 Å². The molecular formula is C22H22N6O3S. The lowest BCUT2D eigenvalue weighted by Gasteiger charge is -2.08. The molecule has 0 bridgehead atoms. The molecule has 164 valence electrons. The fraction of sp³-hybridized carbons (Fsp3) is 0.182. The van der Waals surface area contributed by atoms with Crippen LogP contribution < -0.4 is 21.9 Å². The largest absolute Gasteiger partial charge is 0.332 e. The minimum absolute atomic E-state index is 0.332. The fourth-order valence-corrected chi connectivity index (χ4v) is 4.08. The SMILES string of the molecule is Cc1ccc(NC(=O)Nc2ccc(Sc3nc4c(c(=O)n(C)c(=O)n4C)n3C)cc2)cc1. The molecule has 2 heterocycles. The van der Waals surface area contributed by atoms with Crippen molar-refractivity contribution in [2.75, 3.05) is 10.6 Å². The number of carbonyl (C=O) groups is 1. The number of hydrogen-bond donors (Lipinski definition) is 2. The maximum absolute atomic E-state index is 12.5. The number of nitrogens with one attached hydrogen (secondary N) is 2. The Bertz CT molecular complexity index is 1430. The Kier molecular flexibility index (Phi) is 5.62. The van der Waals surface area contributed by atoms with Crippen LogP contribution in [0.2, 0.25) is 0 Å². The number of aryl methyl sites for hydroxylation is 3. The molecule has 0 saturated heterocycles. The predicted molar refractivity (Wildman–Crippen MR) is 126 cm³/mol. The molecule has 4 aromatic rings. The van der Waals surface area contributed by atoms with Crippen molar-refractivity contribution in [3.63, 3.8) is 0 Å². The van der Waals surface area contributed by atoms with Crippen molar-refractivity contribution in [1.82, 2.24) is 18.7 Å². The number of carbonyl (C=O) groups excluding carboxylic acids is 1. The summed E-state index contributed by atoms with van der Waals surface area (Å²) in [4.78, 5) is 42.2. The van der Waals surface area contributed by atoms with Gasteiger partial charge in [0.2, 0.25) is 0 Å². The second-order valence-electron chi connectivity index (χ2n) is 7.40. The highest BCUT2D eigenvalue weighted by atomic mass is 32.2. The van der Waals surface area contributed by atoms with Gasteiger partial charge in [-0.1, -0.05) is 29.5 Å². The molecule has 4 rings (SSSR count). The van der Waals surface area contributed by atoms with E-state index < -0.39 is 5.69 Å². The van der Waals surface area contributed by atoms with E-state index in [0.717, 1.165) is 15.0 Å². The zero-order chi connectivity index (χ0) is 23.0. The molecule has 0 atom stereocenters. The van der Waals surface area contributed by atoms with E-state index in [1.165, 1.54) is 23.4 Å². The Morgan fingerprint density at radius 2 is 1.41 bits per heavy atom. The highest BCUT2D eigenvalue weighted by Gasteiger charge is 2.17. The van der Waals surface area contributed by atoms with E-state index in [9.17, 15) is 14.4 Å². The van der Waals surface area contributed by atoms with Crippen molar-refractivity contribution in [3.8, 4) is 0 Å². The minimum Gasteiger partial charge on any atom is -0.316 e. The van der Waals surface area contributed by atoms with E-state index in [-0.39, 0.29) is 11.6 Å². The second kappa shape index (κ2) is 8.39. The summed E-state index contributed by atoms with van der Waals surface area (Å²) in [7, 11) is 4.78. The van der Waals surface area contributed by atoms with Crippen molar-refractivity contribution < 1.29 is 4.79 Å². The molecule has 9 nitrogen and oxygen atoms in total. The number of anilines is 2. The average molecular weight is 451 g/mol. The third-order valence-corrected chi connectivity index (χ3v) is 6.12. The molecule has 2 N–H and O–H groups in total. The van der Waals surface area contributed by atoms with Crippen LogP contribution in [0.1, 0.15) is 5.56 Å². The van der Waals surface area contributed by atoms with Crippen LogP contribution in [0.15, 0.2) is 68.2 Å². The number of nitrogens with zero attached hydrogens (tertiary/aromatic N) is 4. The lowest BCUT2D eigenvalue weighted by molar-refractivity contribution is 0.262. The van der Waals surface area contributed by atoms with Crippen LogP contribution in [0.25, 0.3) is 11.2 Å². The summed E-state index contributed by atoms with van der Waals surface area (Å²) in [5.74, 6) is 0. The van der Waals surface area contributed by atoms with E-state index in [4.69, 9.17) is 0 Å². The normalized spacial score (nSPS) is 11.0. The molecule has 0 aliphatic carbocycles. The smallest absolute Gasteiger partial charge is 0.316 e. The summed E-state index contributed by atoms with van der Waals surface area (Å²) in [6.45, 7) is 1.98. The maximum Gasteiger partial charge on any atom is 0.332 e. The Morgan fingerprint density at radius 3 is 2.00 bits per heavy atom. The van der Waals surface area contributed by atoms with Gasteiger partial charge in [0.15, 0.2) is 16.3 Å². The number of hydrogen-bond acceptors (Lipinski definition) is 5. The summed E-state index contributed by atoms with van der Waals surface area (Å²) in [5, 5.41) is 6.16. The van der Waals surface area contributed by atoms with Crippen LogP contribution in [0.5, 0.6) is 0 Å². The molecule has 2 amide bonds. The van der Waals surface area contributed by atoms with E-state index in [1.807, 2.05) is 43.3 Å². The molecule has 10 heteroatoms. The zero-order valence-electron chi connectivity index (χ0n) is 18.0. The predicted octanol–water partition coefficient (Wildman–Crippen LogP) is 3.07. The Labute approximate surface area is 187 Å². The van der Waals surface area contributed by atoms with E-state index in [2.05, 4.69) is 15.6 Å². The number of fused-ring (bicyclic) bond motifs is 1. The molecule has 32 heavy (non-hydrogen) atoms. The molecule has 0 spiro atoms. The van der Waals surface area contributed by atoms with Crippen molar-refractivity contribution in [3.05, 3.63) is 74.9 Å². The third-order valence-electron chi connectivity index (χ3n) is 5.07. The second-order valence-corrected chi connectivity index (χ2v) is 8.44. The standard InChI is InChI=1S/C22H22N6O3S/c1-13-5-7-14(8-6-13)23-20(30)24-15-9-11-16(12-10-15)32-21-25-18-17(26(21)2)19(29)28(4)22(31)27(18)3/h5-12H,1-4H3,(H2,23,24,30). The average Bonchev–Trinajstić information content (AvgIpc) is 3.10. The summed E-state index contributed by atoms with van der Waals surface area (Å²) >= 11 is 1.36. The fourth-order valence-electron chi connectivity index (χ4n) is 3.23. The van der Waals surface area contributed by atoms with Crippen LogP contribution in [0.4, 0.5) is 16.2 Å². The van der Waals surface area contributed by atoms with Gasteiger partial charge in [0.1, 0.15) is 0 Å². The lowest BCUT2D eigenvalue weighted by Crippen LogP contribution is -2.37. The van der Waals surface area contributed by atoms with Gasteiger partial charge in [-0.05, 0) is 43.3 Å². The Hall–Kier alpha value is -3.79. The summed E-state index contributed by atoms with van der Waals surface area (Å²) in [5.41, 5.74) is 2.37. The first kappa shape index (κ1) is 21.4. The van der Waals surface area contributed by atoms with Gasteiger partial charge in [-0.2, -0.15) is 0 Å². The van der Waals surface area contributed by atoms with Gasteiger partial charge in [-0.15, -0.1) is 0 Å². The van der Waals surface area contributed by atoms with Crippen LogP contribution in [-0.4, -0.2) is 24.7 Å². The van der Waals surface area contributed by atoms with Gasteiger partial charge in [-0.3, -0.25) is 13.9 Å². The lowest BCUT2D eigenvalue weighted by atomic mass is 10.2. The van der Waals surface area contributed by atoms with Crippen molar-refractivity contribution in [2.45, 2.75) is 17.0 Å². The van der Waals surface area contributed by atoms with Crippen LogP contribution in [0.3, 0.4) is 0 Å². The van der Waals surface area contributed by atoms with Crippen molar-refractivity contribution in [1.29, 1.82) is 0 Å². The molecule has 0 unspecified atom stereocenters. The van der Waals surface area contributed by atoms with Gasteiger partial charge in [0.05, 0.1) is 0 Å². The highest BCUT2D eigenvalue weighted by molar-refractivity contribution is 7.99. The van der Waals surface area contributed by atoms with E-state index in [0.29, 0.717) is 27.7 Å². The van der Waals surface area contributed by atoms with E-state index >= 15 is 0 Å². The van der Waals surface area contributed by atoms with E-state index in [1.54, 1.807) is 30.8 Å². The first-order valence-electron chi connectivity index (χ1n) is 9.79. The zero-order valence-corrected chi connectivity index (χ0v) is 18.9. The molecule has 2 aromatic heterocycles. The molecule has 0 fully saturated rings. The van der Waals surface area contributed by atoms with Crippen molar-refractivity contribution in [2.24, 2.45) is 21.1 Å². The molecular weight excluding hydrogens is 428 g/mol. The monoisotopic (exact) mass is 450 g/mol. The Morgan fingerprint density at radius 1 is 0.844 bits per heavy atom. The Balaban J connectivity index is 1.50. The van der Waals surface area contributed by atoms with Gasteiger partial charge in [-0.25, -0.2) is 14.6 Å². The maximum atomic E-state index is 12.5. The first-order valence-corrected chi connectivity index (χ1v) is 10.6. The van der Waals surface area contributed by atoms with Crippen molar-refractivity contribution >= 4 is 40.3 Å². The van der Waals surface area contributed by atoms with Gasteiger partial charge in [0.25, 0.3) is 5.56 Å². The summed E-state index contributed by atoms with van der Waals surface area (Å²) < 4.78 is 4.12. The van der Waals surface area contributed by atoms with Crippen LogP contribution in [0, 0.1) is 6.92 Å². The van der Waals surface area contributed by atoms with Gasteiger partial charge >= 0.3 is 11.7 Å². The topological polar surface area (TPSA) is 103 Å². The van der Waals surface area contributed by atoms with Gasteiger partial charge < -0.3 is 15.2 Å². The molecule has 0 aliphatic rings. The summed E-state index contributed by atoms with van der Waals surface area (Å²) in [6, 6.07) is 14.5. The molecule has 0 aliphatic heterocycles. The first-order chi connectivity index (χ1) is 15.2. The van der Waals surface area contributed by atoms with Crippen LogP contribution in [-0.2, 0) is 21.1 Å². The number of imidazole rings is 1. The minimum atomic E-state index is -0.420. The molecule has 0 saturated carbocycles. The number of benzene rings is 2.